The van der Waals surface area contributed by atoms with Gasteiger partial charge in [0.15, 0.2) is 0 Å². The molecule has 1 saturated heterocycles. The minimum Gasteiger partial charge on any atom is -0.455 e. The second kappa shape index (κ2) is 11.5. The highest BCUT2D eigenvalue weighted by atomic mass is 32.2. The number of hydrogen-bond acceptors (Lipinski definition) is 5. The summed E-state index contributed by atoms with van der Waals surface area (Å²) in [5.74, 6) is -0.100. The van der Waals surface area contributed by atoms with Gasteiger partial charge in [0.25, 0.3) is 5.91 Å². The van der Waals surface area contributed by atoms with Crippen molar-refractivity contribution in [2.45, 2.75) is 30.6 Å². The van der Waals surface area contributed by atoms with Crippen molar-refractivity contribution in [3.8, 4) is 11.3 Å². The van der Waals surface area contributed by atoms with Crippen LogP contribution in [0.3, 0.4) is 0 Å². The number of anilines is 1. The minimum absolute atomic E-state index is 0.114. The molecule has 5 rings (SSSR count). The van der Waals surface area contributed by atoms with E-state index in [2.05, 4.69) is 20.0 Å². The Balaban J connectivity index is 1.61. The van der Waals surface area contributed by atoms with Crippen LogP contribution < -0.4 is 9.62 Å². The van der Waals surface area contributed by atoms with Crippen molar-refractivity contribution in [1.82, 2.24) is 9.62 Å². The Morgan fingerprint density at radius 2 is 1.95 bits per heavy atom. The Bertz CT molecular complexity index is 1540. The van der Waals surface area contributed by atoms with Crippen LogP contribution in [0.15, 0.2) is 70.0 Å². The smallest absolute Gasteiger partial charge is 0.255 e. The van der Waals surface area contributed by atoms with Crippen LogP contribution in [0.5, 0.6) is 0 Å². The molecule has 0 radical (unpaired) electrons. The molecule has 39 heavy (non-hydrogen) atoms. The van der Waals surface area contributed by atoms with Crippen molar-refractivity contribution in [3.05, 3.63) is 83.2 Å². The van der Waals surface area contributed by atoms with Crippen molar-refractivity contribution in [2.75, 3.05) is 37.7 Å². The molecule has 1 amide bonds. The molecule has 3 aromatic carbocycles. The van der Waals surface area contributed by atoms with Crippen LogP contribution in [0, 0.1) is 12.7 Å². The maximum atomic E-state index is 13.6. The maximum absolute atomic E-state index is 13.6. The fourth-order valence-electron chi connectivity index (χ4n) is 5.22. The number of fused-ring (bicyclic) bond motifs is 1. The molecular weight excluding hydrogens is 533 g/mol. The summed E-state index contributed by atoms with van der Waals surface area (Å²) in [5.41, 5.74) is 4.80. The molecule has 2 atom stereocenters. The molecule has 9 heteroatoms. The first-order chi connectivity index (χ1) is 18.8. The van der Waals surface area contributed by atoms with Gasteiger partial charge in [-0.05, 0) is 79.3 Å². The second-order valence-electron chi connectivity index (χ2n) is 9.77. The van der Waals surface area contributed by atoms with E-state index in [9.17, 15) is 13.4 Å². The van der Waals surface area contributed by atoms with Crippen LogP contribution in [0.1, 0.15) is 40.2 Å². The van der Waals surface area contributed by atoms with Crippen molar-refractivity contribution in [2.24, 2.45) is 0 Å². The molecule has 0 spiro atoms. The van der Waals surface area contributed by atoms with Crippen LogP contribution >= 0.6 is 11.9 Å². The van der Waals surface area contributed by atoms with Crippen LogP contribution in [0.25, 0.3) is 22.3 Å². The van der Waals surface area contributed by atoms with Crippen LogP contribution in [0.4, 0.5) is 10.1 Å². The molecule has 4 aromatic rings. The van der Waals surface area contributed by atoms with E-state index in [-0.39, 0.29) is 17.6 Å². The fourth-order valence-corrected chi connectivity index (χ4v) is 6.97. The Labute approximate surface area is 235 Å². The predicted octanol–water partition coefficient (Wildman–Crippen LogP) is 6.52. The molecule has 0 aliphatic carbocycles. The molecule has 0 saturated carbocycles. The third-order valence-electron chi connectivity index (χ3n) is 7.26. The molecule has 1 aliphatic heterocycles. The highest BCUT2D eigenvalue weighted by molar-refractivity contribution is 7.99. The number of amides is 1. The quantitative estimate of drug-likeness (QED) is 0.258. The Morgan fingerprint density at radius 1 is 1.18 bits per heavy atom. The number of nitrogens with one attached hydrogen (secondary N) is 1. The van der Waals surface area contributed by atoms with Gasteiger partial charge in [-0.2, -0.15) is 0 Å². The monoisotopic (exact) mass is 565 g/mol. The lowest BCUT2D eigenvalue weighted by Gasteiger charge is -2.34. The lowest BCUT2D eigenvalue weighted by atomic mass is 9.89. The summed E-state index contributed by atoms with van der Waals surface area (Å²) in [4.78, 5) is 13.9. The lowest BCUT2D eigenvalue weighted by molar-refractivity contribution is 0.0964. The molecule has 1 fully saturated rings. The molecular formula is C30H32FN3O3S2. The van der Waals surface area contributed by atoms with Crippen LogP contribution in [-0.2, 0) is 11.0 Å². The number of furan rings is 1. The first kappa shape index (κ1) is 27.4. The van der Waals surface area contributed by atoms with Gasteiger partial charge in [0.1, 0.15) is 28.1 Å². The number of aryl methyl sites for hydroxylation is 1. The van der Waals surface area contributed by atoms with E-state index in [1.807, 2.05) is 50.6 Å². The summed E-state index contributed by atoms with van der Waals surface area (Å²) in [6.07, 6.45) is 3.87. The number of carbonyl (C=O) groups excluding carboxylic acids is 1. The largest absolute Gasteiger partial charge is 0.455 e. The van der Waals surface area contributed by atoms with Gasteiger partial charge in [0, 0.05) is 50.5 Å². The molecule has 204 valence electrons. The maximum Gasteiger partial charge on any atom is 0.255 e. The summed E-state index contributed by atoms with van der Waals surface area (Å²) in [6, 6.07) is 17.9. The highest BCUT2D eigenvalue weighted by Crippen LogP contribution is 2.42. The number of rotatable bonds is 7. The summed E-state index contributed by atoms with van der Waals surface area (Å²) < 4.78 is 37.6. The van der Waals surface area contributed by atoms with Crippen molar-refractivity contribution >= 4 is 45.5 Å². The van der Waals surface area contributed by atoms with Crippen molar-refractivity contribution < 1.29 is 17.8 Å². The third kappa shape index (κ3) is 5.48. The fraction of sp³-hybridized carbons (Fsp3) is 0.300. The van der Waals surface area contributed by atoms with E-state index >= 15 is 0 Å². The number of nitrogens with zero attached hydrogens (tertiary/aromatic N) is 2. The average molecular weight is 566 g/mol. The van der Waals surface area contributed by atoms with Gasteiger partial charge in [0.2, 0.25) is 0 Å². The lowest BCUT2D eigenvalue weighted by Crippen LogP contribution is -2.36. The number of piperidine rings is 1. The molecule has 0 bridgehead atoms. The van der Waals surface area contributed by atoms with Gasteiger partial charge in [-0.25, -0.2) is 12.9 Å². The van der Waals surface area contributed by atoms with Gasteiger partial charge in [-0.15, -0.1) is 0 Å². The molecule has 6 nitrogen and oxygen atoms in total. The number of hydrogen-bond donors (Lipinski definition) is 1. The zero-order valence-corrected chi connectivity index (χ0v) is 24.1. The number of halogens is 1. The summed E-state index contributed by atoms with van der Waals surface area (Å²) in [6.45, 7) is 3.41. The van der Waals surface area contributed by atoms with Crippen LogP contribution in [-0.4, -0.2) is 47.9 Å². The SMILES string of the molecule is CNC(=O)c1c(-c2ccc(F)cc2)oc2cc(N(C)SC)c(C3CCCN(S(=O)c4cccc(C)c4)C3)cc12. The van der Waals surface area contributed by atoms with E-state index in [1.54, 1.807) is 31.1 Å². The second-order valence-corrected chi connectivity index (χ2v) is 12.2. The van der Waals surface area contributed by atoms with Gasteiger partial charge in [-0.1, -0.05) is 24.1 Å². The Kier molecular flexibility index (Phi) is 8.11. The van der Waals surface area contributed by atoms with Gasteiger partial charge < -0.3 is 14.0 Å². The Hall–Kier alpha value is -3.14. The van der Waals surface area contributed by atoms with Gasteiger partial charge in [-0.3, -0.25) is 4.79 Å². The minimum atomic E-state index is -1.26. The van der Waals surface area contributed by atoms with Crippen LogP contribution in [0.2, 0.25) is 0 Å². The molecule has 2 heterocycles. The summed E-state index contributed by atoms with van der Waals surface area (Å²) in [7, 11) is 2.34. The topological polar surface area (TPSA) is 65.8 Å². The first-order valence-corrected chi connectivity index (χ1v) is 15.2. The zero-order chi connectivity index (χ0) is 27.7. The van der Waals surface area contributed by atoms with E-state index in [1.165, 1.54) is 12.1 Å². The highest BCUT2D eigenvalue weighted by Gasteiger charge is 2.30. The van der Waals surface area contributed by atoms with E-state index in [0.717, 1.165) is 41.1 Å². The van der Waals surface area contributed by atoms with E-state index in [4.69, 9.17) is 4.42 Å². The van der Waals surface area contributed by atoms with Gasteiger partial charge in [0.05, 0.1) is 16.1 Å². The van der Waals surface area contributed by atoms with E-state index < -0.39 is 11.0 Å². The Morgan fingerprint density at radius 3 is 2.64 bits per heavy atom. The molecule has 2 unspecified atom stereocenters. The normalized spacial score (nSPS) is 16.8. The summed E-state index contributed by atoms with van der Waals surface area (Å²) >= 11 is 1.59. The standard InChI is InChI=1S/C30H32FN3O3S2/c1-19-7-5-9-23(15-19)39(36)34-14-6-8-21(18-34)24-16-25-27(17-26(24)33(3)38-4)37-29(28(25)30(35)32-2)20-10-12-22(31)13-11-20/h5,7,9-13,15-17,21H,6,8,14,18H2,1-4H3,(H,32,35). The molecule has 1 N–H and O–H groups in total. The van der Waals surface area contributed by atoms with Gasteiger partial charge >= 0.3 is 0 Å². The van der Waals surface area contributed by atoms with Crippen molar-refractivity contribution in [3.63, 3.8) is 0 Å². The number of carbonyl (C=O) groups is 1. The molecule has 1 aromatic heterocycles. The average Bonchev–Trinajstić information content (AvgIpc) is 3.34. The number of benzene rings is 3. The molecule has 1 aliphatic rings. The third-order valence-corrected chi connectivity index (χ3v) is 9.46. The van der Waals surface area contributed by atoms with E-state index in [0.29, 0.717) is 34.4 Å². The predicted molar refractivity (Wildman–Crippen MR) is 158 cm³/mol. The summed E-state index contributed by atoms with van der Waals surface area (Å²) in [5, 5.41) is 3.44. The van der Waals surface area contributed by atoms with Crippen molar-refractivity contribution in [1.29, 1.82) is 0 Å². The zero-order valence-electron chi connectivity index (χ0n) is 22.5. The first-order valence-electron chi connectivity index (χ1n) is 12.9.